The van der Waals surface area contributed by atoms with Gasteiger partial charge < -0.3 is 5.32 Å². The molecule has 0 aliphatic carbocycles. The number of aromatic nitrogens is 1. The second-order valence-corrected chi connectivity index (χ2v) is 5.46. The van der Waals surface area contributed by atoms with Gasteiger partial charge in [0.1, 0.15) is 0 Å². The molecule has 0 aromatic carbocycles. The van der Waals surface area contributed by atoms with Crippen molar-refractivity contribution in [2.75, 3.05) is 6.54 Å². The van der Waals surface area contributed by atoms with Crippen molar-refractivity contribution < 1.29 is 0 Å². The lowest BCUT2D eigenvalue weighted by molar-refractivity contribution is 0.601. The summed E-state index contributed by atoms with van der Waals surface area (Å²) in [6.45, 7) is 5.64. The summed E-state index contributed by atoms with van der Waals surface area (Å²) < 4.78 is 0. The summed E-state index contributed by atoms with van der Waals surface area (Å²) in [6.07, 6.45) is 5.81. The fourth-order valence-electron chi connectivity index (χ4n) is 1.83. The van der Waals surface area contributed by atoms with Crippen LogP contribution in [0.15, 0.2) is 6.20 Å². The number of nitrogens with one attached hydrogen (secondary N) is 1. The Bertz CT molecular complexity index is 287. The van der Waals surface area contributed by atoms with Crippen molar-refractivity contribution in [3.05, 3.63) is 16.1 Å². The van der Waals surface area contributed by atoms with E-state index in [-0.39, 0.29) is 0 Å². The Labute approximate surface area is 89.8 Å². The topological polar surface area (TPSA) is 24.9 Å². The van der Waals surface area contributed by atoms with Crippen LogP contribution >= 0.6 is 11.3 Å². The molecular formula is C11H18N2S. The summed E-state index contributed by atoms with van der Waals surface area (Å²) in [7, 11) is 0. The molecule has 1 aromatic heterocycles. The second kappa shape index (κ2) is 4.41. The third-order valence-corrected chi connectivity index (χ3v) is 4.04. The van der Waals surface area contributed by atoms with Gasteiger partial charge in [-0.2, -0.15) is 0 Å². The van der Waals surface area contributed by atoms with Crippen molar-refractivity contribution in [3.63, 3.8) is 0 Å². The quantitative estimate of drug-likeness (QED) is 0.829. The molecule has 78 valence electrons. The molecule has 1 aliphatic heterocycles. The van der Waals surface area contributed by atoms with Gasteiger partial charge in [0.25, 0.3) is 0 Å². The minimum Gasteiger partial charge on any atom is -0.314 e. The highest BCUT2D eigenvalue weighted by molar-refractivity contribution is 7.11. The Balaban J connectivity index is 1.95. The number of thiazole rings is 1. The maximum atomic E-state index is 4.48. The maximum Gasteiger partial charge on any atom is 0.0943 e. The van der Waals surface area contributed by atoms with Crippen molar-refractivity contribution in [1.82, 2.24) is 10.3 Å². The van der Waals surface area contributed by atoms with Crippen LogP contribution in [0.2, 0.25) is 0 Å². The Morgan fingerprint density at radius 1 is 1.64 bits per heavy atom. The van der Waals surface area contributed by atoms with Crippen molar-refractivity contribution in [3.8, 4) is 0 Å². The molecule has 2 nitrogen and oxygen atoms in total. The van der Waals surface area contributed by atoms with Gasteiger partial charge in [-0.1, -0.05) is 13.8 Å². The zero-order valence-corrected chi connectivity index (χ0v) is 9.73. The molecular weight excluding hydrogens is 192 g/mol. The Morgan fingerprint density at radius 3 is 3.07 bits per heavy atom. The third kappa shape index (κ3) is 2.34. The van der Waals surface area contributed by atoms with Crippen LogP contribution in [0.25, 0.3) is 0 Å². The summed E-state index contributed by atoms with van der Waals surface area (Å²) >= 11 is 1.88. The zero-order chi connectivity index (χ0) is 9.97. The second-order valence-electron chi connectivity index (χ2n) is 4.31. The summed E-state index contributed by atoms with van der Waals surface area (Å²) in [4.78, 5) is 5.89. The highest BCUT2D eigenvalue weighted by atomic mass is 32.1. The molecule has 1 fully saturated rings. The first-order valence-electron chi connectivity index (χ1n) is 5.43. The van der Waals surface area contributed by atoms with Crippen LogP contribution in [-0.4, -0.2) is 17.6 Å². The van der Waals surface area contributed by atoms with Gasteiger partial charge in [-0.15, -0.1) is 11.3 Å². The third-order valence-electron chi connectivity index (χ3n) is 2.72. The summed E-state index contributed by atoms with van der Waals surface area (Å²) in [5, 5.41) is 4.81. The molecule has 1 saturated heterocycles. The number of hydrogen-bond acceptors (Lipinski definition) is 3. The first kappa shape index (κ1) is 10.1. The lowest BCUT2D eigenvalue weighted by atomic mass is 10.2. The lowest BCUT2D eigenvalue weighted by Gasteiger charge is -2.06. The van der Waals surface area contributed by atoms with Gasteiger partial charge >= 0.3 is 0 Å². The van der Waals surface area contributed by atoms with Crippen molar-refractivity contribution >= 4 is 11.3 Å². The Hall–Kier alpha value is -0.410. The van der Waals surface area contributed by atoms with Crippen molar-refractivity contribution in [2.45, 2.75) is 45.1 Å². The van der Waals surface area contributed by atoms with Crippen LogP contribution < -0.4 is 5.32 Å². The average Bonchev–Trinajstić information content (AvgIpc) is 2.75. The standard InChI is InChI=1S/C11H18N2S/c1-8(2)10-7-13-11(14-10)6-9-4-3-5-12-9/h7-9,12H,3-6H2,1-2H3. The van der Waals surface area contributed by atoms with Crippen LogP contribution in [0.1, 0.15) is 42.5 Å². The predicted molar refractivity (Wildman–Crippen MR) is 60.9 cm³/mol. The predicted octanol–water partition coefficient (Wildman–Crippen LogP) is 2.56. The largest absolute Gasteiger partial charge is 0.314 e. The van der Waals surface area contributed by atoms with E-state index >= 15 is 0 Å². The molecule has 0 radical (unpaired) electrons. The molecule has 1 N–H and O–H groups in total. The molecule has 2 rings (SSSR count). The van der Waals surface area contributed by atoms with Crippen LogP contribution in [0.5, 0.6) is 0 Å². The van der Waals surface area contributed by atoms with Gasteiger partial charge in [0.15, 0.2) is 0 Å². The van der Waals surface area contributed by atoms with Gasteiger partial charge in [0.05, 0.1) is 5.01 Å². The first-order valence-corrected chi connectivity index (χ1v) is 6.25. The van der Waals surface area contributed by atoms with Crippen LogP contribution in [0, 0.1) is 0 Å². The van der Waals surface area contributed by atoms with Gasteiger partial charge in [0.2, 0.25) is 0 Å². The first-order chi connectivity index (χ1) is 6.75. The minimum absolute atomic E-state index is 0.623. The minimum atomic E-state index is 0.623. The Morgan fingerprint density at radius 2 is 2.50 bits per heavy atom. The molecule has 1 aromatic rings. The monoisotopic (exact) mass is 210 g/mol. The molecule has 1 aliphatic rings. The van der Waals surface area contributed by atoms with Crippen molar-refractivity contribution in [2.24, 2.45) is 0 Å². The van der Waals surface area contributed by atoms with E-state index in [0.717, 1.165) is 6.42 Å². The van der Waals surface area contributed by atoms with Gasteiger partial charge in [0, 0.05) is 23.5 Å². The van der Waals surface area contributed by atoms with E-state index in [1.165, 1.54) is 29.3 Å². The van der Waals surface area contributed by atoms with Gasteiger partial charge in [-0.25, -0.2) is 4.98 Å². The smallest absolute Gasteiger partial charge is 0.0943 e. The highest BCUT2D eigenvalue weighted by Gasteiger charge is 2.16. The van der Waals surface area contributed by atoms with Crippen LogP contribution in [0.3, 0.4) is 0 Å². The van der Waals surface area contributed by atoms with E-state index < -0.39 is 0 Å². The summed E-state index contributed by atoms with van der Waals surface area (Å²) in [5.74, 6) is 0.623. The fourth-order valence-corrected chi connectivity index (χ4v) is 2.83. The normalized spacial score (nSPS) is 22.1. The zero-order valence-electron chi connectivity index (χ0n) is 8.92. The maximum absolute atomic E-state index is 4.48. The van der Waals surface area contributed by atoms with Crippen LogP contribution in [0.4, 0.5) is 0 Å². The van der Waals surface area contributed by atoms with Gasteiger partial charge in [-0.05, 0) is 25.3 Å². The number of rotatable bonds is 3. The van der Waals surface area contributed by atoms with E-state index in [9.17, 15) is 0 Å². The van der Waals surface area contributed by atoms with E-state index in [1.54, 1.807) is 0 Å². The summed E-state index contributed by atoms with van der Waals surface area (Å²) in [5.41, 5.74) is 0. The molecule has 0 saturated carbocycles. The molecule has 1 atom stereocenters. The number of hydrogen-bond donors (Lipinski definition) is 1. The van der Waals surface area contributed by atoms with E-state index in [1.807, 2.05) is 17.5 Å². The number of nitrogens with zero attached hydrogens (tertiary/aromatic N) is 1. The highest BCUT2D eigenvalue weighted by Crippen LogP contribution is 2.23. The van der Waals surface area contributed by atoms with Crippen LogP contribution in [-0.2, 0) is 6.42 Å². The molecule has 0 bridgehead atoms. The molecule has 0 spiro atoms. The van der Waals surface area contributed by atoms with E-state index in [2.05, 4.69) is 24.1 Å². The fraction of sp³-hybridized carbons (Fsp3) is 0.727. The van der Waals surface area contributed by atoms with Crippen molar-refractivity contribution in [1.29, 1.82) is 0 Å². The summed E-state index contributed by atoms with van der Waals surface area (Å²) in [6, 6.07) is 0.682. The van der Waals surface area contributed by atoms with E-state index in [4.69, 9.17) is 0 Å². The molecule has 3 heteroatoms. The molecule has 0 amide bonds. The van der Waals surface area contributed by atoms with Gasteiger partial charge in [-0.3, -0.25) is 0 Å². The Kier molecular flexibility index (Phi) is 3.19. The van der Waals surface area contributed by atoms with E-state index in [0.29, 0.717) is 12.0 Å². The SMILES string of the molecule is CC(C)c1cnc(CC2CCCN2)s1. The average molecular weight is 210 g/mol. The molecule has 2 heterocycles. The lowest BCUT2D eigenvalue weighted by Crippen LogP contribution is -2.23. The molecule has 1 unspecified atom stereocenters. The molecule has 14 heavy (non-hydrogen) atoms.